The van der Waals surface area contributed by atoms with E-state index in [-0.39, 0.29) is 5.91 Å². The molecule has 1 amide bonds. The Morgan fingerprint density at radius 1 is 1.29 bits per heavy atom. The van der Waals surface area contributed by atoms with Gasteiger partial charge in [-0.1, -0.05) is 18.7 Å². The Morgan fingerprint density at radius 3 is 2.10 bits per heavy atom. The Hall–Kier alpha value is -2.35. The van der Waals surface area contributed by atoms with Crippen LogP contribution >= 0.6 is 0 Å². The first-order valence-corrected chi connectivity index (χ1v) is 5.73. The highest BCUT2D eigenvalue weighted by molar-refractivity contribution is 5.98. The number of hydrogen-bond acceptors (Lipinski definition) is 3. The van der Waals surface area contributed by atoms with E-state index >= 15 is 0 Å². The average Bonchev–Trinajstić information content (AvgIpc) is 2.41. The van der Waals surface area contributed by atoms with Gasteiger partial charge in [-0.25, -0.2) is 4.79 Å². The molecule has 0 aliphatic rings. The summed E-state index contributed by atoms with van der Waals surface area (Å²) in [5, 5.41) is 9.80. The van der Waals surface area contributed by atoms with Gasteiger partial charge >= 0.3 is 12.1 Å². The van der Waals surface area contributed by atoms with Gasteiger partial charge in [0.05, 0.1) is 0 Å². The van der Waals surface area contributed by atoms with E-state index in [2.05, 4.69) is 11.9 Å². The average molecular weight is 304 g/mol. The number of carbonyl (C=O) groups is 2. The Morgan fingerprint density at radius 2 is 1.76 bits per heavy atom. The summed E-state index contributed by atoms with van der Waals surface area (Å²) < 4.78 is 31.7. The number of anilines is 1. The van der Waals surface area contributed by atoms with Crippen LogP contribution in [0.4, 0.5) is 18.9 Å². The van der Waals surface area contributed by atoms with Crippen molar-refractivity contribution in [2.45, 2.75) is 12.6 Å². The third-order valence-electron chi connectivity index (χ3n) is 2.08. The second-order valence-corrected chi connectivity index (χ2v) is 3.73. The maximum Gasteiger partial charge on any atom is 0.490 e. The largest absolute Gasteiger partial charge is 0.490 e. The van der Waals surface area contributed by atoms with Gasteiger partial charge in [-0.15, -0.1) is 0 Å². The fraction of sp³-hybridized carbons (Fsp3) is 0.231. The summed E-state index contributed by atoms with van der Waals surface area (Å²) in [7, 11) is 0. The minimum absolute atomic E-state index is 0.198. The van der Waals surface area contributed by atoms with Crippen LogP contribution < -0.4 is 11.1 Å². The molecule has 0 aromatic heterocycles. The van der Waals surface area contributed by atoms with Crippen molar-refractivity contribution in [1.29, 1.82) is 0 Å². The lowest BCUT2D eigenvalue weighted by Gasteiger charge is -2.03. The lowest BCUT2D eigenvalue weighted by molar-refractivity contribution is -0.192. The number of hydrogen-bond donors (Lipinski definition) is 3. The van der Waals surface area contributed by atoms with E-state index in [1.807, 2.05) is 24.3 Å². The number of carbonyl (C=O) groups excluding carboxylic acids is 1. The molecule has 0 heterocycles. The number of carboxylic acid groups (broad SMARTS) is 1. The molecule has 1 rings (SSSR count). The summed E-state index contributed by atoms with van der Waals surface area (Å²) in [4.78, 5) is 19.8. The van der Waals surface area contributed by atoms with Crippen LogP contribution in [0, 0.1) is 0 Å². The maximum absolute atomic E-state index is 10.9. The van der Waals surface area contributed by atoms with E-state index in [0.717, 1.165) is 12.1 Å². The zero-order valence-corrected chi connectivity index (χ0v) is 11.0. The van der Waals surface area contributed by atoms with Crippen molar-refractivity contribution < 1.29 is 27.9 Å². The number of aliphatic carboxylic acids is 1. The SMILES string of the molecule is C=CC(=O)Nc1ccc(CCN)cc1.O=C(O)C(F)(F)F. The van der Waals surface area contributed by atoms with Gasteiger partial charge in [0.25, 0.3) is 0 Å². The monoisotopic (exact) mass is 304 g/mol. The molecule has 4 N–H and O–H groups in total. The summed E-state index contributed by atoms with van der Waals surface area (Å²) in [6.45, 7) is 4.01. The molecule has 0 spiro atoms. The van der Waals surface area contributed by atoms with Gasteiger partial charge in [-0.05, 0) is 36.7 Å². The van der Waals surface area contributed by atoms with E-state index in [9.17, 15) is 18.0 Å². The molecule has 1 aromatic rings. The van der Waals surface area contributed by atoms with Crippen molar-refractivity contribution >= 4 is 17.6 Å². The summed E-state index contributed by atoms with van der Waals surface area (Å²) in [6, 6.07) is 7.61. The van der Waals surface area contributed by atoms with Crippen LogP contribution in [0.2, 0.25) is 0 Å². The maximum atomic E-state index is 10.9. The van der Waals surface area contributed by atoms with Crippen LogP contribution in [0.15, 0.2) is 36.9 Å². The highest BCUT2D eigenvalue weighted by atomic mass is 19.4. The molecule has 21 heavy (non-hydrogen) atoms. The zero-order chi connectivity index (χ0) is 16.5. The first-order valence-electron chi connectivity index (χ1n) is 5.73. The molecule has 0 aliphatic carbocycles. The second-order valence-electron chi connectivity index (χ2n) is 3.73. The van der Waals surface area contributed by atoms with Crippen molar-refractivity contribution in [3.63, 3.8) is 0 Å². The van der Waals surface area contributed by atoms with Gasteiger partial charge in [-0.3, -0.25) is 4.79 Å². The van der Waals surface area contributed by atoms with Crippen molar-refractivity contribution in [2.24, 2.45) is 5.73 Å². The van der Waals surface area contributed by atoms with Crippen LogP contribution in [-0.2, 0) is 16.0 Å². The molecule has 0 saturated heterocycles. The molecule has 116 valence electrons. The number of amides is 1. The highest BCUT2D eigenvalue weighted by Gasteiger charge is 2.38. The predicted octanol–water partition coefficient (Wildman–Crippen LogP) is 1.95. The normalized spacial score (nSPS) is 10.1. The molecule has 0 atom stereocenters. The summed E-state index contributed by atoms with van der Waals surface area (Å²) in [6.07, 6.45) is -2.98. The van der Waals surface area contributed by atoms with Gasteiger partial charge in [0.15, 0.2) is 0 Å². The van der Waals surface area contributed by atoms with Crippen molar-refractivity contribution in [3.05, 3.63) is 42.5 Å². The summed E-state index contributed by atoms with van der Waals surface area (Å²) in [5.41, 5.74) is 7.36. The minimum Gasteiger partial charge on any atom is -0.475 e. The van der Waals surface area contributed by atoms with E-state index < -0.39 is 12.1 Å². The summed E-state index contributed by atoms with van der Waals surface area (Å²) in [5.74, 6) is -2.95. The molecule has 0 bridgehead atoms. The molecular formula is C13H15F3N2O3. The molecule has 8 heteroatoms. The number of alkyl halides is 3. The lowest BCUT2D eigenvalue weighted by Crippen LogP contribution is -2.21. The summed E-state index contributed by atoms with van der Waals surface area (Å²) >= 11 is 0. The van der Waals surface area contributed by atoms with Crippen LogP contribution in [0.5, 0.6) is 0 Å². The first kappa shape index (κ1) is 18.7. The molecule has 1 aromatic carbocycles. The third-order valence-corrected chi connectivity index (χ3v) is 2.08. The number of benzene rings is 1. The fourth-order valence-corrected chi connectivity index (χ4v) is 1.11. The minimum atomic E-state index is -5.08. The number of rotatable bonds is 4. The highest BCUT2D eigenvalue weighted by Crippen LogP contribution is 2.13. The smallest absolute Gasteiger partial charge is 0.475 e. The van der Waals surface area contributed by atoms with E-state index in [1.54, 1.807) is 0 Å². The van der Waals surface area contributed by atoms with Crippen LogP contribution in [0.25, 0.3) is 0 Å². The van der Waals surface area contributed by atoms with E-state index in [1.165, 1.54) is 11.6 Å². The second kappa shape index (κ2) is 8.75. The fourth-order valence-electron chi connectivity index (χ4n) is 1.11. The van der Waals surface area contributed by atoms with Crippen molar-refractivity contribution in [3.8, 4) is 0 Å². The van der Waals surface area contributed by atoms with E-state index in [0.29, 0.717) is 6.54 Å². The molecule has 0 fully saturated rings. The van der Waals surface area contributed by atoms with Crippen molar-refractivity contribution in [2.75, 3.05) is 11.9 Å². The standard InChI is InChI=1S/C11H14N2O.C2HF3O2/c1-2-11(14)13-10-5-3-9(4-6-10)7-8-12;3-2(4,5)1(6)7/h2-6H,1,7-8,12H2,(H,13,14);(H,6,7). The zero-order valence-electron chi connectivity index (χ0n) is 11.0. The van der Waals surface area contributed by atoms with E-state index in [4.69, 9.17) is 15.6 Å². The van der Waals surface area contributed by atoms with Gasteiger partial charge in [-0.2, -0.15) is 13.2 Å². The topological polar surface area (TPSA) is 92.4 Å². The Balaban J connectivity index is 0.000000486. The third kappa shape index (κ3) is 8.43. The molecule has 0 saturated carbocycles. The molecular weight excluding hydrogens is 289 g/mol. The Kier molecular flexibility index (Phi) is 7.77. The van der Waals surface area contributed by atoms with Gasteiger partial charge in [0.2, 0.25) is 5.91 Å². The van der Waals surface area contributed by atoms with Crippen molar-refractivity contribution in [1.82, 2.24) is 0 Å². The molecule has 0 unspecified atom stereocenters. The number of nitrogens with one attached hydrogen (secondary N) is 1. The first-order chi connectivity index (χ1) is 9.70. The van der Waals surface area contributed by atoms with Gasteiger partial charge in [0, 0.05) is 5.69 Å². The Labute approximate surface area is 119 Å². The lowest BCUT2D eigenvalue weighted by atomic mass is 10.1. The molecule has 0 radical (unpaired) electrons. The predicted molar refractivity (Wildman–Crippen MR) is 71.7 cm³/mol. The number of carboxylic acids is 1. The van der Waals surface area contributed by atoms with Gasteiger partial charge in [0.1, 0.15) is 0 Å². The number of halogens is 3. The van der Waals surface area contributed by atoms with Crippen LogP contribution in [-0.4, -0.2) is 29.7 Å². The number of nitrogens with two attached hydrogens (primary N) is 1. The molecule has 5 nitrogen and oxygen atoms in total. The van der Waals surface area contributed by atoms with Crippen LogP contribution in [0.3, 0.4) is 0 Å². The van der Waals surface area contributed by atoms with Gasteiger partial charge < -0.3 is 16.2 Å². The quantitative estimate of drug-likeness (QED) is 0.741. The molecule has 0 aliphatic heterocycles. The van der Waals surface area contributed by atoms with Crippen LogP contribution in [0.1, 0.15) is 5.56 Å². The Bertz CT molecular complexity index is 484.